The molecular weight excluding hydrogens is 484 g/mol. The summed E-state index contributed by atoms with van der Waals surface area (Å²) >= 11 is 8.08. The number of morpholine rings is 1. The fraction of sp³-hybridized carbons (Fsp3) is 0.500. The van der Waals surface area contributed by atoms with Gasteiger partial charge in [0.05, 0.1) is 41.1 Å². The van der Waals surface area contributed by atoms with Gasteiger partial charge in [-0.25, -0.2) is 9.97 Å². The summed E-state index contributed by atoms with van der Waals surface area (Å²) in [6.45, 7) is 8.97. The fourth-order valence-corrected chi connectivity index (χ4v) is 7.34. The second kappa shape index (κ2) is 8.49. The highest BCUT2D eigenvalue weighted by molar-refractivity contribution is 7.19. The Labute approximate surface area is 213 Å². The summed E-state index contributed by atoms with van der Waals surface area (Å²) in [6.07, 6.45) is 1.71. The van der Waals surface area contributed by atoms with Gasteiger partial charge in [0.15, 0.2) is 0 Å². The second-order valence-electron chi connectivity index (χ2n) is 10.5. The van der Waals surface area contributed by atoms with Crippen molar-refractivity contribution in [3.05, 3.63) is 45.6 Å². The second-order valence-corrected chi connectivity index (χ2v) is 12.1. The molecule has 3 aliphatic rings. The number of fused-ring (bicyclic) bond motifs is 2. The van der Waals surface area contributed by atoms with Crippen LogP contribution in [0.3, 0.4) is 0 Å². The van der Waals surface area contributed by atoms with Gasteiger partial charge in [0.25, 0.3) is 0 Å². The molecule has 0 bridgehead atoms. The number of ether oxygens (including phenoxy) is 1. The number of benzene rings is 1. The maximum Gasteiger partial charge on any atom is 0.229 e. The Bertz CT molecular complexity index is 1320. The van der Waals surface area contributed by atoms with E-state index in [2.05, 4.69) is 36.1 Å². The molecular formula is C26H29ClN4O3S. The number of amides is 1. The molecule has 2 aliphatic heterocycles. The lowest BCUT2D eigenvalue weighted by Gasteiger charge is -2.26. The molecule has 1 saturated carbocycles. The summed E-state index contributed by atoms with van der Waals surface area (Å²) in [5.41, 5.74) is 4.84. The Morgan fingerprint density at radius 3 is 2.86 bits per heavy atom. The Hall–Kier alpha value is -2.10. The fourth-order valence-electron chi connectivity index (χ4n) is 5.96. The Morgan fingerprint density at radius 2 is 2.14 bits per heavy atom. The average Bonchev–Trinajstić information content (AvgIpc) is 3.07. The molecule has 6 rings (SSSR count). The summed E-state index contributed by atoms with van der Waals surface area (Å²) < 4.78 is 6.94. The molecule has 4 heterocycles. The van der Waals surface area contributed by atoms with E-state index >= 15 is 0 Å². The third-order valence-corrected chi connectivity index (χ3v) is 9.25. The zero-order valence-electron chi connectivity index (χ0n) is 20.0. The van der Waals surface area contributed by atoms with E-state index in [1.807, 2.05) is 18.2 Å². The summed E-state index contributed by atoms with van der Waals surface area (Å²) in [4.78, 5) is 24.7. The van der Waals surface area contributed by atoms with Crippen LogP contribution in [0.2, 0.25) is 5.02 Å². The van der Waals surface area contributed by atoms with E-state index in [1.54, 1.807) is 22.6 Å². The number of aliphatic hydroxyl groups is 1. The van der Waals surface area contributed by atoms with Gasteiger partial charge in [0.2, 0.25) is 5.91 Å². The van der Waals surface area contributed by atoms with Crippen LogP contribution in [0, 0.1) is 24.2 Å². The molecule has 4 unspecified atom stereocenters. The van der Waals surface area contributed by atoms with Gasteiger partial charge in [0, 0.05) is 40.9 Å². The van der Waals surface area contributed by atoms with Crippen LogP contribution in [0.25, 0.3) is 21.5 Å². The Kier molecular flexibility index (Phi) is 5.65. The molecule has 7 nitrogen and oxygen atoms in total. The van der Waals surface area contributed by atoms with Crippen molar-refractivity contribution in [1.82, 2.24) is 20.2 Å². The van der Waals surface area contributed by atoms with Gasteiger partial charge in [-0.1, -0.05) is 25.4 Å². The normalized spacial score (nSPS) is 27.5. The van der Waals surface area contributed by atoms with Crippen LogP contribution in [-0.2, 0) is 22.5 Å². The van der Waals surface area contributed by atoms with Gasteiger partial charge in [-0.15, -0.1) is 11.3 Å². The molecule has 0 spiro atoms. The average molecular weight is 513 g/mol. The first-order chi connectivity index (χ1) is 16.8. The SMILES string of the molecule is Cc1cc(Cl)cc(-c2ncnc3cc(CN4C(=O)C5C(C4O)C5(C)C)sc23)c1CC1CNCCO1. The first-order valence-corrected chi connectivity index (χ1v) is 13.3. The molecule has 184 valence electrons. The lowest BCUT2D eigenvalue weighted by atomic mass is 9.94. The van der Waals surface area contributed by atoms with E-state index in [0.717, 1.165) is 51.4 Å². The molecule has 1 amide bonds. The van der Waals surface area contributed by atoms with Gasteiger partial charge in [-0.2, -0.15) is 0 Å². The molecule has 2 N–H and O–H groups in total. The number of nitrogens with zero attached hydrogens (tertiary/aromatic N) is 3. The van der Waals surface area contributed by atoms with Crippen LogP contribution in [0.1, 0.15) is 29.9 Å². The topological polar surface area (TPSA) is 87.6 Å². The standard InChI is InChI=1S/C26H29ClN4O3S/c1-13-6-14(27)7-18(17(13)8-15-10-28-4-5-34-15)22-23-19(29-12-30-22)9-16(35-23)11-31-24(32)20-21(25(31)33)26(20,2)3/h6-7,9,12,15,20-21,24,28,32H,4-5,8,10-11H2,1-3H3. The van der Waals surface area contributed by atoms with Crippen LogP contribution in [0.5, 0.6) is 0 Å². The van der Waals surface area contributed by atoms with Crippen molar-refractivity contribution in [3.8, 4) is 11.3 Å². The quantitative estimate of drug-likeness (QED) is 0.541. The minimum absolute atomic E-state index is 0.0215. The van der Waals surface area contributed by atoms with Crippen molar-refractivity contribution >= 4 is 39.1 Å². The minimum atomic E-state index is -0.732. The number of piperidine rings is 1. The number of thiophene rings is 1. The number of nitrogens with one attached hydrogen (secondary N) is 1. The Balaban J connectivity index is 1.35. The third-order valence-electron chi connectivity index (χ3n) is 7.92. The lowest BCUT2D eigenvalue weighted by Crippen LogP contribution is -2.39. The minimum Gasteiger partial charge on any atom is -0.375 e. The molecule has 2 aromatic heterocycles. The number of carbonyl (C=O) groups is 1. The number of aryl methyl sites for hydroxylation is 1. The highest BCUT2D eigenvalue weighted by Gasteiger charge is 2.71. The van der Waals surface area contributed by atoms with Crippen LogP contribution in [0.4, 0.5) is 0 Å². The van der Waals surface area contributed by atoms with Crippen LogP contribution >= 0.6 is 22.9 Å². The molecule has 35 heavy (non-hydrogen) atoms. The van der Waals surface area contributed by atoms with Crippen LogP contribution in [0.15, 0.2) is 24.5 Å². The zero-order chi connectivity index (χ0) is 24.5. The van der Waals surface area contributed by atoms with Crippen molar-refractivity contribution in [1.29, 1.82) is 0 Å². The summed E-state index contributed by atoms with van der Waals surface area (Å²) in [6, 6.07) is 5.97. The van der Waals surface area contributed by atoms with E-state index in [-0.39, 0.29) is 29.3 Å². The smallest absolute Gasteiger partial charge is 0.229 e. The van der Waals surface area contributed by atoms with Crippen molar-refractivity contribution in [2.75, 3.05) is 19.7 Å². The number of hydrogen-bond acceptors (Lipinski definition) is 7. The lowest BCUT2D eigenvalue weighted by molar-refractivity contribution is -0.140. The zero-order valence-corrected chi connectivity index (χ0v) is 21.6. The maximum absolute atomic E-state index is 12.9. The van der Waals surface area contributed by atoms with Crippen molar-refractivity contribution < 1.29 is 14.6 Å². The molecule has 3 aromatic rings. The first-order valence-electron chi connectivity index (χ1n) is 12.1. The predicted molar refractivity (Wildman–Crippen MR) is 136 cm³/mol. The predicted octanol–water partition coefficient (Wildman–Crippen LogP) is 3.78. The van der Waals surface area contributed by atoms with Crippen LogP contribution < -0.4 is 5.32 Å². The maximum atomic E-state index is 12.9. The van der Waals surface area contributed by atoms with Gasteiger partial charge < -0.3 is 20.1 Å². The Morgan fingerprint density at radius 1 is 1.31 bits per heavy atom. The van der Waals surface area contributed by atoms with Gasteiger partial charge >= 0.3 is 0 Å². The van der Waals surface area contributed by atoms with E-state index in [9.17, 15) is 9.90 Å². The largest absolute Gasteiger partial charge is 0.375 e. The summed E-state index contributed by atoms with van der Waals surface area (Å²) in [5.74, 6) is -0.00551. The number of aromatic nitrogens is 2. The molecule has 0 radical (unpaired) electrons. The van der Waals surface area contributed by atoms with E-state index in [1.165, 1.54) is 5.56 Å². The third kappa shape index (κ3) is 3.86. The van der Waals surface area contributed by atoms with Gasteiger partial charge in [-0.3, -0.25) is 4.79 Å². The van der Waals surface area contributed by atoms with Crippen molar-refractivity contribution in [2.45, 2.75) is 46.1 Å². The molecule has 9 heteroatoms. The monoisotopic (exact) mass is 512 g/mol. The van der Waals surface area contributed by atoms with Gasteiger partial charge in [-0.05, 0) is 41.7 Å². The summed E-state index contributed by atoms with van der Waals surface area (Å²) in [5, 5.41) is 14.8. The number of aliphatic hydroxyl groups excluding tert-OH is 1. The number of halogens is 1. The van der Waals surface area contributed by atoms with Crippen LogP contribution in [-0.4, -0.2) is 57.9 Å². The first kappa shape index (κ1) is 23.3. The van der Waals surface area contributed by atoms with E-state index in [0.29, 0.717) is 18.2 Å². The molecule has 3 fully saturated rings. The van der Waals surface area contributed by atoms with E-state index in [4.69, 9.17) is 16.3 Å². The number of carbonyl (C=O) groups excluding carboxylic acids is 1. The number of rotatable bonds is 5. The molecule has 1 aromatic carbocycles. The highest BCUT2D eigenvalue weighted by atomic mass is 35.5. The number of likely N-dealkylation sites (tertiary alicyclic amines) is 1. The van der Waals surface area contributed by atoms with Gasteiger partial charge in [0.1, 0.15) is 12.6 Å². The molecule has 1 aliphatic carbocycles. The highest BCUT2D eigenvalue weighted by Crippen LogP contribution is 2.65. The molecule has 2 saturated heterocycles. The molecule has 4 atom stereocenters. The van der Waals surface area contributed by atoms with E-state index < -0.39 is 6.23 Å². The number of hydrogen-bond donors (Lipinski definition) is 2. The summed E-state index contributed by atoms with van der Waals surface area (Å²) in [7, 11) is 0. The van der Waals surface area contributed by atoms with Crippen molar-refractivity contribution in [2.24, 2.45) is 17.3 Å². The van der Waals surface area contributed by atoms with Crippen molar-refractivity contribution in [3.63, 3.8) is 0 Å².